The molecule has 2 N–H and O–H groups in total. The lowest BCUT2D eigenvalue weighted by molar-refractivity contribution is -0.185. The summed E-state index contributed by atoms with van der Waals surface area (Å²) in [5.41, 5.74) is 5.21. The van der Waals surface area contributed by atoms with E-state index in [4.69, 9.17) is 5.73 Å². The van der Waals surface area contributed by atoms with E-state index in [1.165, 1.54) is 0 Å². The summed E-state index contributed by atoms with van der Waals surface area (Å²) in [6, 6.07) is -0.829. The largest absolute Gasteiger partial charge is 0.365 e. The lowest BCUT2D eigenvalue weighted by Gasteiger charge is -2.08. The molecule has 0 saturated carbocycles. The van der Waals surface area contributed by atoms with Gasteiger partial charge in [-0.05, 0) is 12.3 Å². The van der Waals surface area contributed by atoms with Crippen LogP contribution >= 0.6 is 0 Å². The summed E-state index contributed by atoms with van der Waals surface area (Å²) in [5.74, 6) is -0.720. The van der Waals surface area contributed by atoms with Crippen LogP contribution in [0.4, 0.5) is 4.53 Å². The van der Waals surface area contributed by atoms with Crippen LogP contribution in [0.15, 0.2) is 0 Å². The topological polar surface area (TPSA) is 52.3 Å². The van der Waals surface area contributed by atoms with Crippen LogP contribution in [0.25, 0.3) is 0 Å². The Morgan fingerprint density at radius 1 is 1.70 bits per heavy atom. The van der Waals surface area contributed by atoms with Crippen molar-refractivity contribution in [3.05, 3.63) is 0 Å². The SMILES string of the molecule is CC(C)CC(N)C(=O)OF. The Morgan fingerprint density at radius 3 is 2.50 bits per heavy atom. The second-order valence-electron chi connectivity index (χ2n) is 2.63. The molecule has 1 unspecified atom stereocenters. The van der Waals surface area contributed by atoms with E-state index in [0.717, 1.165) is 0 Å². The molecule has 0 aromatic heterocycles. The van der Waals surface area contributed by atoms with E-state index in [1.807, 2.05) is 13.8 Å². The molecule has 0 aliphatic heterocycles. The van der Waals surface area contributed by atoms with Gasteiger partial charge in [-0.15, -0.1) is 0 Å². The van der Waals surface area contributed by atoms with Gasteiger partial charge in [0.25, 0.3) is 0 Å². The Kier molecular flexibility index (Phi) is 3.95. The van der Waals surface area contributed by atoms with Gasteiger partial charge in [0.1, 0.15) is 6.04 Å². The zero-order valence-corrected chi connectivity index (χ0v) is 6.13. The molecular weight excluding hydrogens is 137 g/mol. The first-order valence-electron chi connectivity index (χ1n) is 3.16. The molecule has 0 radical (unpaired) electrons. The van der Waals surface area contributed by atoms with Crippen LogP contribution in [0, 0.1) is 5.92 Å². The number of halogens is 1. The third kappa shape index (κ3) is 3.40. The fourth-order valence-electron chi connectivity index (χ4n) is 0.661. The van der Waals surface area contributed by atoms with Gasteiger partial charge in [0.15, 0.2) is 0 Å². The number of hydrogen-bond donors (Lipinski definition) is 1. The van der Waals surface area contributed by atoms with Crippen LogP contribution < -0.4 is 5.73 Å². The first-order chi connectivity index (χ1) is 4.57. The van der Waals surface area contributed by atoms with E-state index >= 15 is 0 Å². The van der Waals surface area contributed by atoms with Crippen LogP contribution in [0.1, 0.15) is 20.3 Å². The molecule has 4 heteroatoms. The second kappa shape index (κ2) is 4.22. The van der Waals surface area contributed by atoms with Gasteiger partial charge in [0.2, 0.25) is 0 Å². The smallest absolute Gasteiger partial charge is 0.318 e. The van der Waals surface area contributed by atoms with Gasteiger partial charge in [0, 0.05) is 4.53 Å². The maximum absolute atomic E-state index is 11.2. The number of rotatable bonds is 3. The fraction of sp³-hybridized carbons (Fsp3) is 0.833. The highest BCUT2D eigenvalue weighted by Crippen LogP contribution is 2.03. The third-order valence-corrected chi connectivity index (χ3v) is 1.10. The average Bonchev–Trinajstić information content (AvgIpc) is 1.85. The molecule has 1 atom stereocenters. The Bertz CT molecular complexity index is 116. The number of nitrogens with two attached hydrogens (primary N) is 1. The van der Waals surface area contributed by atoms with Gasteiger partial charge in [-0.2, -0.15) is 0 Å². The first kappa shape index (κ1) is 9.36. The van der Waals surface area contributed by atoms with Gasteiger partial charge in [0.05, 0.1) is 0 Å². The molecule has 0 aromatic carbocycles. The summed E-state index contributed by atoms with van der Waals surface area (Å²) >= 11 is 0. The van der Waals surface area contributed by atoms with E-state index in [1.54, 1.807) is 0 Å². The van der Waals surface area contributed by atoms with E-state index in [0.29, 0.717) is 6.42 Å². The molecule has 0 rings (SSSR count). The predicted octanol–water partition coefficient (Wildman–Crippen LogP) is 0.788. The van der Waals surface area contributed by atoms with Crippen molar-refractivity contribution in [3.63, 3.8) is 0 Å². The van der Waals surface area contributed by atoms with E-state index in [9.17, 15) is 9.32 Å². The summed E-state index contributed by atoms with van der Waals surface area (Å²) in [5, 5.41) is 0. The van der Waals surface area contributed by atoms with Crippen molar-refractivity contribution in [1.29, 1.82) is 0 Å². The zero-order chi connectivity index (χ0) is 8.15. The second-order valence-corrected chi connectivity index (χ2v) is 2.63. The molecule has 0 aliphatic rings. The zero-order valence-electron chi connectivity index (χ0n) is 6.13. The minimum absolute atomic E-state index is 0.272. The lowest BCUT2D eigenvalue weighted by atomic mass is 10.1. The quantitative estimate of drug-likeness (QED) is 0.645. The maximum Gasteiger partial charge on any atom is 0.365 e. The van der Waals surface area contributed by atoms with Crippen LogP contribution in [0.5, 0.6) is 0 Å². The van der Waals surface area contributed by atoms with Gasteiger partial charge >= 0.3 is 5.97 Å². The Hall–Kier alpha value is -0.640. The predicted molar refractivity (Wildman–Crippen MR) is 34.6 cm³/mol. The molecule has 0 aliphatic carbocycles. The fourth-order valence-corrected chi connectivity index (χ4v) is 0.661. The molecule has 3 nitrogen and oxygen atoms in total. The normalized spacial score (nSPS) is 13.3. The van der Waals surface area contributed by atoms with Crippen molar-refractivity contribution in [1.82, 2.24) is 0 Å². The first-order valence-corrected chi connectivity index (χ1v) is 3.16. The van der Waals surface area contributed by atoms with Gasteiger partial charge in [-0.3, -0.25) is 4.94 Å². The highest BCUT2D eigenvalue weighted by atomic mass is 19.3. The minimum atomic E-state index is -0.992. The lowest BCUT2D eigenvalue weighted by Crippen LogP contribution is -2.32. The molecule has 0 spiro atoms. The van der Waals surface area contributed by atoms with Crippen LogP contribution in [0.3, 0.4) is 0 Å². The van der Waals surface area contributed by atoms with Crippen LogP contribution in [0.2, 0.25) is 0 Å². The monoisotopic (exact) mass is 149 g/mol. The molecule has 0 aromatic rings. The van der Waals surface area contributed by atoms with Crippen LogP contribution in [-0.2, 0) is 9.74 Å². The average molecular weight is 149 g/mol. The highest BCUT2D eigenvalue weighted by molar-refractivity contribution is 5.74. The summed E-state index contributed by atoms with van der Waals surface area (Å²) in [7, 11) is 0. The molecule has 10 heavy (non-hydrogen) atoms. The summed E-state index contributed by atoms with van der Waals surface area (Å²) in [4.78, 5) is 13.3. The van der Waals surface area contributed by atoms with Crippen molar-refractivity contribution in [2.75, 3.05) is 0 Å². The number of carbonyl (C=O) groups is 1. The molecule has 0 fully saturated rings. The van der Waals surface area contributed by atoms with Crippen molar-refractivity contribution in [2.24, 2.45) is 11.7 Å². The molecule has 0 bridgehead atoms. The Morgan fingerprint density at radius 2 is 2.20 bits per heavy atom. The van der Waals surface area contributed by atoms with Crippen molar-refractivity contribution < 1.29 is 14.3 Å². The Balaban J connectivity index is 3.61. The van der Waals surface area contributed by atoms with Crippen molar-refractivity contribution in [2.45, 2.75) is 26.3 Å². The molecule has 0 heterocycles. The van der Waals surface area contributed by atoms with Gasteiger partial charge < -0.3 is 5.73 Å². The highest BCUT2D eigenvalue weighted by Gasteiger charge is 2.16. The number of carbonyl (C=O) groups excluding carboxylic acids is 1. The van der Waals surface area contributed by atoms with Crippen LogP contribution in [-0.4, -0.2) is 12.0 Å². The third-order valence-electron chi connectivity index (χ3n) is 1.10. The molecular formula is C6H12FNO2. The molecule has 0 saturated heterocycles. The maximum atomic E-state index is 11.2. The minimum Gasteiger partial charge on any atom is -0.318 e. The van der Waals surface area contributed by atoms with Crippen molar-refractivity contribution in [3.8, 4) is 0 Å². The summed E-state index contributed by atoms with van der Waals surface area (Å²) < 4.78 is 11.2. The van der Waals surface area contributed by atoms with E-state index < -0.39 is 12.0 Å². The number of hydrogen-bond acceptors (Lipinski definition) is 3. The summed E-state index contributed by atoms with van der Waals surface area (Å²) in [6.07, 6.45) is 0.447. The van der Waals surface area contributed by atoms with Gasteiger partial charge in [-0.25, -0.2) is 4.79 Å². The summed E-state index contributed by atoms with van der Waals surface area (Å²) in [6.45, 7) is 3.79. The van der Waals surface area contributed by atoms with E-state index in [2.05, 4.69) is 4.94 Å². The van der Waals surface area contributed by atoms with Crippen molar-refractivity contribution >= 4 is 5.97 Å². The Labute approximate surface area is 59.2 Å². The molecule has 0 amide bonds. The van der Waals surface area contributed by atoms with Gasteiger partial charge in [-0.1, -0.05) is 13.8 Å². The molecule has 60 valence electrons. The van der Waals surface area contributed by atoms with E-state index in [-0.39, 0.29) is 5.92 Å². The standard InChI is InChI=1S/C6H12FNO2/c1-4(2)3-5(8)6(9)10-7/h4-5H,3,8H2,1-2H3.